The number of hydrogen-bond acceptors (Lipinski definition) is 8. The van der Waals surface area contributed by atoms with Gasteiger partial charge in [0, 0.05) is 10.8 Å². The van der Waals surface area contributed by atoms with Crippen molar-refractivity contribution in [1.82, 2.24) is 0 Å². The number of benzene rings is 2. The van der Waals surface area contributed by atoms with E-state index in [9.17, 15) is 19.2 Å². The minimum absolute atomic E-state index is 0.0723. The van der Waals surface area contributed by atoms with E-state index in [1.807, 2.05) is 13.8 Å². The molecule has 0 amide bonds. The third-order valence-corrected chi connectivity index (χ3v) is 11.9. The van der Waals surface area contributed by atoms with Crippen LogP contribution in [0.15, 0.2) is 12.1 Å². The van der Waals surface area contributed by atoms with E-state index < -0.39 is 46.5 Å². The van der Waals surface area contributed by atoms with Gasteiger partial charge in [0.15, 0.2) is 11.5 Å². The fraction of sp³-hybridized carbons (Fsp3) is 0.529. The van der Waals surface area contributed by atoms with Crippen LogP contribution in [0.3, 0.4) is 0 Å². The van der Waals surface area contributed by atoms with Crippen molar-refractivity contribution >= 4 is 93.5 Å². The van der Waals surface area contributed by atoms with Gasteiger partial charge in [-0.2, -0.15) is 0 Å². The summed E-state index contributed by atoms with van der Waals surface area (Å²) in [5.74, 6) is -4.74. The van der Waals surface area contributed by atoms with Crippen LogP contribution in [0, 0.1) is 34.5 Å². The Hall–Kier alpha value is -1.94. The lowest BCUT2D eigenvalue weighted by atomic mass is 9.96. The Kier molecular flexibility index (Phi) is 12.2. The Morgan fingerprint density at radius 2 is 1.00 bits per heavy atom. The quantitative estimate of drug-likeness (QED) is 0.0907. The van der Waals surface area contributed by atoms with Crippen LogP contribution in [0.25, 0.3) is 0 Å². The molecule has 6 atom stereocenters. The molecule has 0 saturated heterocycles. The van der Waals surface area contributed by atoms with E-state index in [-0.39, 0.29) is 54.2 Å². The number of carbonyl (C=O) groups is 4. The molecule has 4 rings (SSSR count). The van der Waals surface area contributed by atoms with Gasteiger partial charge in [0.25, 0.3) is 0 Å². The minimum Gasteiger partial charge on any atom is -0.461 e. The average Bonchev–Trinajstić information content (AvgIpc) is 3.93. The maximum atomic E-state index is 13.3. The van der Waals surface area contributed by atoms with Crippen molar-refractivity contribution in [1.29, 1.82) is 0 Å². The van der Waals surface area contributed by atoms with Gasteiger partial charge in [-0.1, -0.05) is 124 Å². The number of halogens is 6. The zero-order valence-corrected chi connectivity index (χ0v) is 31.8. The SMILES string of the molecule is CCC(C)C1CC1(C)COC(=O)c1c(Cl)c(Cl)cc(Cl)c1OC(=O)C(=O)Oc1c(Cl)cc(Cl)c(Cl)c1C(=O)OCC1(C)CC1C(C)CC. The fourth-order valence-electron chi connectivity index (χ4n) is 6.16. The highest BCUT2D eigenvalue weighted by atomic mass is 35.5. The normalized spacial score (nSPS) is 23.9. The lowest BCUT2D eigenvalue weighted by Crippen LogP contribution is -2.28. The Labute approximate surface area is 309 Å². The van der Waals surface area contributed by atoms with Crippen molar-refractivity contribution in [3.05, 3.63) is 53.4 Å². The Morgan fingerprint density at radius 3 is 1.31 bits per heavy atom. The second-order valence-electron chi connectivity index (χ2n) is 13.3. The van der Waals surface area contributed by atoms with Crippen LogP contribution >= 0.6 is 69.6 Å². The van der Waals surface area contributed by atoms with E-state index in [2.05, 4.69) is 27.7 Å². The molecule has 0 radical (unpaired) electrons. The molecule has 262 valence electrons. The first-order valence-corrected chi connectivity index (χ1v) is 17.8. The molecule has 0 bridgehead atoms. The number of ether oxygens (including phenoxy) is 4. The lowest BCUT2D eigenvalue weighted by molar-refractivity contribution is -0.156. The molecule has 0 aliphatic heterocycles. The molecule has 8 nitrogen and oxygen atoms in total. The van der Waals surface area contributed by atoms with Gasteiger partial charge in [0.2, 0.25) is 0 Å². The molecular formula is C34H36Cl6O8. The van der Waals surface area contributed by atoms with Crippen LogP contribution in [0.5, 0.6) is 11.5 Å². The van der Waals surface area contributed by atoms with E-state index in [4.69, 9.17) is 88.6 Å². The second-order valence-corrected chi connectivity index (χ2v) is 15.7. The van der Waals surface area contributed by atoms with Crippen LogP contribution in [0.2, 0.25) is 30.1 Å². The summed E-state index contributed by atoms with van der Waals surface area (Å²) in [5, 5.41) is -1.47. The predicted molar refractivity (Wildman–Crippen MR) is 186 cm³/mol. The van der Waals surface area contributed by atoms with E-state index in [1.54, 1.807) is 0 Å². The zero-order valence-electron chi connectivity index (χ0n) is 27.2. The van der Waals surface area contributed by atoms with Gasteiger partial charge in [-0.3, -0.25) is 0 Å². The predicted octanol–water partition coefficient (Wildman–Crippen LogP) is 10.6. The van der Waals surface area contributed by atoms with E-state index >= 15 is 0 Å². The minimum atomic E-state index is -1.64. The summed E-state index contributed by atoms with van der Waals surface area (Å²) in [6, 6.07) is 2.26. The Morgan fingerprint density at radius 1 is 0.667 bits per heavy atom. The molecule has 14 heteroatoms. The average molecular weight is 785 g/mol. The highest BCUT2D eigenvalue weighted by molar-refractivity contribution is 6.47. The maximum Gasteiger partial charge on any atom is 0.423 e. The van der Waals surface area contributed by atoms with E-state index in [0.717, 1.165) is 37.8 Å². The highest BCUT2D eigenvalue weighted by Crippen LogP contribution is 2.58. The smallest absolute Gasteiger partial charge is 0.423 e. The van der Waals surface area contributed by atoms with Gasteiger partial charge >= 0.3 is 23.9 Å². The van der Waals surface area contributed by atoms with Crippen LogP contribution < -0.4 is 9.47 Å². The Bertz CT molecular complexity index is 1530. The first-order chi connectivity index (χ1) is 22.4. The van der Waals surface area contributed by atoms with Crippen molar-refractivity contribution in [3.8, 4) is 11.5 Å². The molecular weight excluding hydrogens is 749 g/mol. The standard InChI is InChI=1S/C34H36Cl6O8/c1-7-15(3)17-11-33(17,5)13-45-29(41)23-25(39)19(35)9-21(37)27(23)47-31(43)32(44)48-28-22(38)10-20(36)26(40)24(28)30(42)46-14-34(6)12-18(34)16(4)8-2/h9-10,15-18H,7-8,11-14H2,1-6H3. The molecule has 0 spiro atoms. The summed E-state index contributed by atoms with van der Waals surface area (Å²) in [4.78, 5) is 52.7. The van der Waals surface area contributed by atoms with Crippen molar-refractivity contribution < 1.29 is 38.1 Å². The van der Waals surface area contributed by atoms with Gasteiger partial charge in [-0.05, 0) is 48.6 Å². The molecule has 0 N–H and O–H groups in total. The van der Waals surface area contributed by atoms with Crippen molar-refractivity contribution in [2.75, 3.05) is 13.2 Å². The lowest BCUT2D eigenvalue weighted by Gasteiger charge is -2.18. The van der Waals surface area contributed by atoms with Crippen molar-refractivity contribution in [3.63, 3.8) is 0 Å². The highest BCUT2D eigenvalue weighted by Gasteiger charge is 2.54. The topological polar surface area (TPSA) is 105 Å². The first-order valence-electron chi connectivity index (χ1n) is 15.5. The summed E-state index contributed by atoms with van der Waals surface area (Å²) < 4.78 is 21.6. The van der Waals surface area contributed by atoms with Gasteiger partial charge in [0.1, 0.15) is 11.1 Å². The van der Waals surface area contributed by atoms with E-state index in [0.29, 0.717) is 23.7 Å². The molecule has 0 heterocycles. The first kappa shape index (κ1) is 38.9. The molecule has 2 aliphatic carbocycles. The summed E-state index contributed by atoms with van der Waals surface area (Å²) in [5.41, 5.74) is -1.38. The molecule has 48 heavy (non-hydrogen) atoms. The summed E-state index contributed by atoms with van der Waals surface area (Å²) in [6.45, 7) is 12.6. The van der Waals surface area contributed by atoms with Gasteiger partial charge in [0.05, 0.1) is 43.3 Å². The zero-order chi connectivity index (χ0) is 35.9. The summed E-state index contributed by atoms with van der Waals surface area (Å²) >= 11 is 37.6. The number of rotatable bonds is 12. The molecule has 2 fully saturated rings. The largest absolute Gasteiger partial charge is 0.461 e. The number of esters is 4. The van der Waals surface area contributed by atoms with Gasteiger partial charge in [-0.25, -0.2) is 19.2 Å². The monoisotopic (exact) mass is 782 g/mol. The third-order valence-electron chi connectivity index (χ3n) is 9.79. The third kappa shape index (κ3) is 8.16. The fourth-order valence-corrected chi connectivity index (χ4v) is 7.60. The number of carbonyl (C=O) groups excluding carboxylic acids is 4. The second kappa shape index (κ2) is 15.1. The van der Waals surface area contributed by atoms with E-state index in [1.165, 1.54) is 0 Å². The number of hydrogen-bond donors (Lipinski definition) is 0. The summed E-state index contributed by atoms with van der Waals surface area (Å²) in [6.07, 6.45) is 3.71. The molecule has 0 aromatic heterocycles. The van der Waals surface area contributed by atoms with Crippen LogP contribution in [0.4, 0.5) is 0 Å². The van der Waals surface area contributed by atoms with Gasteiger partial charge < -0.3 is 18.9 Å². The van der Waals surface area contributed by atoms with Crippen LogP contribution in [0.1, 0.15) is 87.9 Å². The van der Waals surface area contributed by atoms with Crippen molar-refractivity contribution in [2.45, 2.75) is 67.2 Å². The molecule has 2 aliphatic rings. The molecule has 2 aromatic carbocycles. The molecule has 2 saturated carbocycles. The Balaban J connectivity index is 1.53. The molecule has 2 aromatic rings. The van der Waals surface area contributed by atoms with Crippen molar-refractivity contribution in [2.24, 2.45) is 34.5 Å². The maximum absolute atomic E-state index is 13.3. The summed E-state index contributed by atoms with van der Waals surface area (Å²) in [7, 11) is 0. The van der Waals surface area contributed by atoms with Crippen LogP contribution in [-0.4, -0.2) is 37.1 Å². The molecule has 6 unspecified atom stereocenters. The van der Waals surface area contributed by atoms with Crippen LogP contribution in [-0.2, 0) is 19.1 Å². The van der Waals surface area contributed by atoms with Gasteiger partial charge in [-0.15, -0.1) is 0 Å².